The van der Waals surface area contributed by atoms with E-state index in [1.165, 1.54) is 0 Å². The SMILES string of the molecule is CC(C)Oc1ccn2c(-c3cncc(N[C@@H]4CCCN(C(=O)OC(C)(C)C)C4)n3)cnc2c1. The van der Waals surface area contributed by atoms with Gasteiger partial charge in [0.25, 0.3) is 0 Å². The molecule has 0 bridgehead atoms. The van der Waals surface area contributed by atoms with E-state index in [1.807, 2.05) is 57.3 Å². The van der Waals surface area contributed by atoms with Gasteiger partial charge in [0, 0.05) is 31.4 Å². The van der Waals surface area contributed by atoms with Crippen molar-refractivity contribution in [3.63, 3.8) is 0 Å². The maximum Gasteiger partial charge on any atom is 0.410 e. The van der Waals surface area contributed by atoms with Crippen molar-refractivity contribution in [3.8, 4) is 17.1 Å². The molecule has 4 heterocycles. The molecule has 1 N–H and O–H groups in total. The highest BCUT2D eigenvalue weighted by Crippen LogP contribution is 2.24. The second-order valence-corrected chi connectivity index (χ2v) is 9.60. The van der Waals surface area contributed by atoms with Gasteiger partial charge in [-0.05, 0) is 53.5 Å². The molecule has 1 aliphatic rings. The van der Waals surface area contributed by atoms with Crippen LogP contribution in [0.5, 0.6) is 5.75 Å². The predicted octanol–water partition coefficient (Wildman–Crippen LogP) is 4.39. The van der Waals surface area contributed by atoms with Crippen molar-refractivity contribution in [2.45, 2.75) is 65.2 Å². The van der Waals surface area contributed by atoms with Crippen LogP contribution in [0, 0.1) is 0 Å². The Hall–Kier alpha value is -3.36. The number of imidazole rings is 1. The third-order valence-electron chi connectivity index (χ3n) is 5.18. The smallest absolute Gasteiger partial charge is 0.410 e. The minimum atomic E-state index is -0.507. The van der Waals surface area contributed by atoms with Gasteiger partial charge in [-0.15, -0.1) is 0 Å². The zero-order valence-electron chi connectivity index (χ0n) is 19.9. The number of ether oxygens (including phenoxy) is 2. The molecule has 1 aliphatic heterocycles. The second-order valence-electron chi connectivity index (χ2n) is 9.60. The number of hydrogen-bond acceptors (Lipinski definition) is 7. The first kappa shape index (κ1) is 22.8. The van der Waals surface area contributed by atoms with Gasteiger partial charge in [0.2, 0.25) is 0 Å². The van der Waals surface area contributed by atoms with Gasteiger partial charge >= 0.3 is 6.09 Å². The van der Waals surface area contributed by atoms with Crippen molar-refractivity contribution >= 4 is 17.6 Å². The van der Waals surface area contributed by atoms with Crippen LogP contribution >= 0.6 is 0 Å². The molecule has 1 atom stereocenters. The number of anilines is 1. The Kier molecular flexibility index (Phi) is 6.40. The van der Waals surface area contributed by atoms with E-state index in [1.54, 1.807) is 23.5 Å². The number of rotatable bonds is 5. The second kappa shape index (κ2) is 9.25. The summed E-state index contributed by atoms with van der Waals surface area (Å²) < 4.78 is 13.3. The third kappa shape index (κ3) is 5.71. The fourth-order valence-electron chi connectivity index (χ4n) is 3.85. The molecular weight excluding hydrogens is 420 g/mol. The summed E-state index contributed by atoms with van der Waals surface area (Å²) in [5.74, 6) is 1.45. The molecule has 0 radical (unpaired) electrons. The van der Waals surface area contributed by atoms with E-state index >= 15 is 0 Å². The first-order chi connectivity index (χ1) is 15.7. The number of carbonyl (C=O) groups is 1. The minimum Gasteiger partial charge on any atom is -0.491 e. The summed E-state index contributed by atoms with van der Waals surface area (Å²) in [7, 11) is 0. The summed E-state index contributed by atoms with van der Waals surface area (Å²) >= 11 is 0. The van der Waals surface area contributed by atoms with Crippen molar-refractivity contribution in [1.82, 2.24) is 24.3 Å². The molecule has 0 spiro atoms. The molecule has 0 saturated carbocycles. The van der Waals surface area contributed by atoms with Crippen LogP contribution in [0.3, 0.4) is 0 Å². The van der Waals surface area contributed by atoms with Crippen molar-refractivity contribution in [2.75, 3.05) is 18.4 Å². The Morgan fingerprint density at radius 2 is 2.06 bits per heavy atom. The van der Waals surface area contributed by atoms with Crippen molar-refractivity contribution in [2.24, 2.45) is 0 Å². The van der Waals surface area contributed by atoms with Gasteiger partial charge in [0.1, 0.15) is 28.5 Å². The fourth-order valence-corrected chi connectivity index (χ4v) is 3.85. The molecule has 176 valence electrons. The average molecular weight is 453 g/mol. The monoisotopic (exact) mass is 452 g/mol. The zero-order chi connectivity index (χ0) is 23.6. The topological polar surface area (TPSA) is 93.9 Å². The first-order valence-electron chi connectivity index (χ1n) is 11.4. The number of nitrogens with zero attached hydrogens (tertiary/aromatic N) is 5. The molecule has 9 heteroatoms. The Balaban J connectivity index is 1.48. The molecule has 33 heavy (non-hydrogen) atoms. The lowest BCUT2D eigenvalue weighted by Crippen LogP contribution is -2.47. The molecule has 3 aromatic rings. The molecule has 4 rings (SSSR count). The molecular formula is C24H32N6O3. The lowest BCUT2D eigenvalue weighted by molar-refractivity contribution is 0.0206. The van der Waals surface area contributed by atoms with E-state index in [-0.39, 0.29) is 18.2 Å². The van der Waals surface area contributed by atoms with Crippen LogP contribution in [0.1, 0.15) is 47.5 Å². The van der Waals surface area contributed by atoms with E-state index in [0.29, 0.717) is 24.6 Å². The van der Waals surface area contributed by atoms with Gasteiger partial charge < -0.3 is 19.7 Å². The number of fused-ring (bicyclic) bond motifs is 1. The summed E-state index contributed by atoms with van der Waals surface area (Å²) in [4.78, 5) is 27.9. The van der Waals surface area contributed by atoms with E-state index in [4.69, 9.17) is 14.5 Å². The average Bonchev–Trinajstić information content (AvgIpc) is 3.16. The largest absolute Gasteiger partial charge is 0.491 e. The molecule has 0 aliphatic carbocycles. The van der Waals surface area contributed by atoms with Crippen molar-refractivity contribution < 1.29 is 14.3 Å². The summed E-state index contributed by atoms with van der Waals surface area (Å²) in [6.07, 6.45) is 8.80. The van der Waals surface area contributed by atoms with Gasteiger partial charge in [0.15, 0.2) is 0 Å². The number of carbonyl (C=O) groups excluding carboxylic acids is 1. The fraction of sp³-hybridized carbons (Fsp3) is 0.500. The highest BCUT2D eigenvalue weighted by atomic mass is 16.6. The summed E-state index contributed by atoms with van der Waals surface area (Å²) in [5, 5.41) is 3.44. The first-order valence-corrected chi connectivity index (χ1v) is 11.4. The van der Waals surface area contributed by atoms with Gasteiger partial charge in [-0.3, -0.25) is 9.38 Å². The Morgan fingerprint density at radius 1 is 1.24 bits per heavy atom. The molecule has 1 saturated heterocycles. The maximum atomic E-state index is 12.5. The van der Waals surface area contributed by atoms with E-state index < -0.39 is 5.60 Å². The Bertz CT molecular complexity index is 1120. The van der Waals surface area contributed by atoms with Crippen LogP contribution in [-0.4, -0.2) is 61.2 Å². The van der Waals surface area contributed by atoms with Gasteiger partial charge in [-0.1, -0.05) is 0 Å². The summed E-state index contributed by atoms with van der Waals surface area (Å²) in [6, 6.07) is 3.90. The Labute approximate surface area is 194 Å². The lowest BCUT2D eigenvalue weighted by atomic mass is 10.1. The van der Waals surface area contributed by atoms with Crippen LogP contribution in [0.4, 0.5) is 10.6 Å². The van der Waals surface area contributed by atoms with E-state index in [9.17, 15) is 4.79 Å². The number of amides is 1. The molecule has 9 nitrogen and oxygen atoms in total. The molecule has 1 fully saturated rings. The number of likely N-dealkylation sites (tertiary alicyclic amines) is 1. The normalized spacial score (nSPS) is 16.8. The maximum absolute atomic E-state index is 12.5. The number of hydrogen-bond donors (Lipinski definition) is 1. The lowest BCUT2D eigenvalue weighted by Gasteiger charge is -2.34. The van der Waals surface area contributed by atoms with Crippen LogP contribution < -0.4 is 10.1 Å². The minimum absolute atomic E-state index is 0.0775. The summed E-state index contributed by atoms with van der Waals surface area (Å²) in [6.45, 7) is 10.9. The number of pyridine rings is 1. The zero-order valence-corrected chi connectivity index (χ0v) is 19.9. The standard InChI is InChI=1S/C24H32N6O3/c1-16(2)32-18-8-10-30-20(13-26-22(30)11-18)19-12-25-14-21(28-19)27-17-7-6-9-29(15-17)23(31)33-24(3,4)5/h8,10-14,16-17H,6-7,9,15H2,1-5H3,(H,27,28)/t17-/m1/s1. The van der Waals surface area contributed by atoms with Crippen LogP contribution in [0.2, 0.25) is 0 Å². The van der Waals surface area contributed by atoms with Crippen LogP contribution in [0.15, 0.2) is 36.9 Å². The van der Waals surface area contributed by atoms with Gasteiger partial charge in [-0.25, -0.2) is 14.8 Å². The van der Waals surface area contributed by atoms with Crippen molar-refractivity contribution in [3.05, 3.63) is 36.9 Å². The van der Waals surface area contributed by atoms with Gasteiger partial charge in [-0.2, -0.15) is 0 Å². The van der Waals surface area contributed by atoms with Crippen molar-refractivity contribution in [1.29, 1.82) is 0 Å². The van der Waals surface area contributed by atoms with E-state index in [0.717, 1.165) is 29.9 Å². The van der Waals surface area contributed by atoms with Gasteiger partial charge in [0.05, 0.1) is 30.4 Å². The third-order valence-corrected chi connectivity index (χ3v) is 5.18. The Morgan fingerprint density at radius 3 is 2.82 bits per heavy atom. The molecule has 0 aromatic carbocycles. The van der Waals surface area contributed by atoms with Crippen LogP contribution in [0.25, 0.3) is 17.0 Å². The number of aromatic nitrogens is 4. The number of piperidine rings is 1. The molecule has 1 amide bonds. The van der Waals surface area contributed by atoms with E-state index in [2.05, 4.69) is 15.3 Å². The summed E-state index contributed by atoms with van der Waals surface area (Å²) in [5.41, 5.74) is 1.83. The van der Waals surface area contributed by atoms with Crippen LogP contribution in [-0.2, 0) is 4.74 Å². The quantitative estimate of drug-likeness (QED) is 0.613. The highest BCUT2D eigenvalue weighted by Gasteiger charge is 2.27. The number of nitrogens with one attached hydrogen (secondary N) is 1. The molecule has 0 unspecified atom stereocenters. The predicted molar refractivity (Wildman–Crippen MR) is 126 cm³/mol. The highest BCUT2D eigenvalue weighted by molar-refractivity contribution is 5.68. The molecule has 3 aromatic heterocycles.